The molecule has 1 aliphatic rings. The summed E-state index contributed by atoms with van der Waals surface area (Å²) in [6.45, 7) is 3.37. The predicted molar refractivity (Wildman–Crippen MR) is 85.6 cm³/mol. The first-order valence-electron chi connectivity index (χ1n) is 8.02. The molecule has 2 rings (SSSR count). The van der Waals surface area contributed by atoms with Gasteiger partial charge in [-0.05, 0) is 44.0 Å². The first-order valence-corrected chi connectivity index (χ1v) is 8.02. The number of amides is 1. The summed E-state index contributed by atoms with van der Waals surface area (Å²) in [5.41, 5.74) is 1.73. The molecule has 0 saturated heterocycles. The predicted octanol–water partition coefficient (Wildman–Crippen LogP) is 2.89. The Bertz CT molecular complexity index is 439. The largest absolute Gasteiger partial charge is 0.395 e. The van der Waals surface area contributed by atoms with E-state index in [0.717, 1.165) is 25.1 Å². The molecule has 1 amide bonds. The quantitative estimate of drug-likeness (QED) is 0.847. The van der Waals surface area contributed by atoms with E-state index in [1.807, 2.05) is 36.1 Å². The normalized spacial score (nSPS) is 15.7. The maximum Gasteiger partial charge on any atom is 0.254 e. The number of carbonyl (C=O) groups excluding carboxylic acids is 1. The molecule has 1 aliphatic carbocycles. The minimum absolute atomic E-state index is 0.0255. The SMILES string of the molecule is CCNc1ccc(C(=O)N(CCO)C2CCCCC2)cc1. The third kappa shape index (κ3) is 4.21. The topological polar surface area (TPSA) is 52.6 Å². The molecule has 0 atom stereocenters. The smallest absolute Gasteiger partial charge is 0.254 e. The first kappa shape index (κ1) is 15.8. The second-order valence-corrected chi connectivity index (χ2v) is 5.62. The molecule has 1 aromatic carbocycles. The van der Waals surface area contributed by atoms with E-state index in [9.17, 15) is 9.90 Å². The van der Waals surface area contributed by atoms with E-state index in [0.29, 0.717) is 12.1 Å². The minimum atomic E-state index is 0.0255. The van der Waals surface area contributed by atoms with Crippen LogP contribution in [0.4, 0.5) is 5.69 Å². The van der Waals surface area contributed by atoms with Gasteiger partial charge in [0.15, 0.2) is 0 Å². The van der Waals surface area contributed by atoms with Crippen molar-refractivity contribution in [1.82, 2.24) is 4.90 Å². The molecule has 1 fully saturated rings. The molecular formula is C17H26N2O2. The number of nitrogens with zero attached hydrogens (tertiary/aromatic N) is 1. The lowest BCUT2D eigenvalue weighted by molar-refractivity contribution is 0.0585. The molecule has 0 bridgehead atoms. The summed E-state index contributed by atoms with van der Waals surface area (Å²) in [4.78, 5) is 14.6. The Balaban J connectivity index is 2.09. The van der Waals surface area contributed by atoms with Gasteiger partial charge in [0.1, 0.15) is 0 Å². The van der Waals surface area contributed by atoms with Gasteiger partial charge in [0, 0.05) is 30.4 Å². The van der Waals surface area contributed by atoms with Gasteiger partial charge >= 0.3 is 0 Å². The van der Waals surface area contributed by atoms with Crippen molar-refractivity contribution in [1.29, 1.82) is 0 Å². The van der Waals surface area contributed by atoms with E-state index < -0.39 is 0 Å². The highest BCUT2D eigenvalue weighted by atomic mass is 16.3. The van der Waals surface area contributed by atoms with E-state index >= 15 is 0 Å². The third-order valence-corrected chi connectivity index (χ3v) is 4.13. The van der Waals surface area contributed by atoms with Crippen molar-refractivity contribution < 1.29 is 9.90 Å². The molecule has 0 unspecified atom stereocenters. The van der Waals surface area contributed by atoms with Crippen LogP contribution in [0.3, 0.4) is 0 Å². The van der Waals surface area contributed by atoms with Crippen molar-refractivity contribution in [3.8, 4) is 0 Å². The Morgan fingerprint density at radius 2 is 1.90 bits per heavy atom. The van der Waals surface area contributed by atoms with Gasteiger partial charge in [0.2, 0.25) is 0 Å². The summed E-state index contributed by atoms with van der Waals surface area (Å²) in [6.07, 6.45) is 5.73. The van der Waals surface area contributed by atoms with Gasteiger partial charge in [-0.3, -0.25) is 4.79 Å². The molecule has 4 heteroatoms. The van der Waals surface area contributed by atoms with Gasteiger partial charge < -0.3 is 15.3 Å². The number of aliphatic hydroxyl groups is 1. The lowest BCUT2D eigenvalue weighted by atomic mass is 9.93. The molecular weight excluding hydrogens is 264 g/mol. The maximum absolute atomic E-state index is 12.7. The zero-order chi connectivity index (χ0) is 15.1. The second kappa shape index (κ2) is 8.03. The highest BCUT2D eigenvalue weighted by Crippen LogP contribution is 2.24. The van der Waals surface area contributed by atoms with Crippen LogP contribution in [0.15, 0.2) is 24.3 Å². The molecule has 116 valence electrons. The summed E-state index contributed by atoms with van der Waals surface area (Å²) < 4.78 is 0. The van der Waals surface area contributed by atoms with Crippen molar-refractivity contribution in [2.24, 2.45) is 0 Å². The second-order valence-electron chi connectivity index (χ2n) is 5.62. The highest BCUT2D eigenvalue weighted by molar-refractivity contribution is 5.94. The zero-order valence-corrected chi connectivity index (χ0v) is 12.8. The van der Waals surface area contributed by atoms with Gasteiger partial charge in [0.05, 0.1) is 6.61 Å². The standard InChI is InChI=1S/C17H26N2O2/c1-2-18-15-10-8-14(9-11-15)17(21)19(12-13-20)16-6-4-3-5-7-16/h8-11,16,18,20H,2-7,12-13H2,1H3. The lowest BCUT2D eigenvalue weighted by Crippen LogP contribution is -2.43. The number of nitrogens with one attached hydrogen (secondary N) is 1. The van der Waals surface area contributed by atoms with Crippen LogP contribution in [0.2, 0.25) is 0 Å². The fraction of sp³-hybridized carbons (Fsp3) is 0.588. The summed E-state index contributed by atoms with van der Waals surface area (Å²) in [6, 6.07) is 7.90. The molecule has 0 heterocycles. The minimum Gasteiger partial charge on any atom is -0.395 e. The van der Waals surface area contributed by atoms with Crippen LogP contribution in [0.1, 0.15) is 49.4 Å². The van der Waals surface area contributed by atoms with Crippen LogP contribution >= 0.6 is 0 Å². The van der Waals surface area contributed by atoms with E-state index in [-0.39, 0.29) is 18.6 Å². The van der Waals surface area contributed by atoms with Crippen LogP contribution in [0.25, 0.3) is 0 Å². The fourth-order valence-electron chi connectivity index (χ4n) is 3.05. The molecule has 1 aromatic rings. The number of aliphatic hydroxyl groups excluding tert-OH is 1. The van der Waals surface area contributed by atoms with E-state index in [1.54, 1.807) is 0 Å². The number of rotatable bonds is 6. The third-order valence-electron chi connectivity index (χ3n) is 4.13. The van der Waals surface area contributed by atoms with Gasteiger partial charge in [-0.2, -0.15) is 0 Å². The van der Waals surface area contributed by atoms with Crippen molar-refractivity contribution >= 4 is 11.6 Å². The highest BCUT2D eigenvalue weighted by Gasteiger charge is 2.25. The Labute approximate surface area is 127 Å². The number of benzene rings is 1. The Morgan fingerprint density at radius 1 is 1.24 bits per heavy atom. The number of anilines is 1. The lowest BCUT2D eigenvalue weighted by Gasteiger charge is -2.34. The molecule has 2 N–H and O–H groups in total. The Kier molecular flexibility index (Phi) is 6.05. The van der Waals surface area contributed by atoms with Crippen molar-refractivity contribution in [2.45, 2.75) is 45.1 Å². The molecule has 21 heavy (non-hydrogen) atoms. The maximum atomic E-state index is 12.7. The van der Waals surface area contributed by atoms with Crippen LogP contribution in [-0.2, 0) is 0 Å². The van der Waals surface area contributed by atoms with Crippen LogP contribution in [0, 0.1) is 0 Å². The average Bonchev–Trinajstić information content (AvgIpc) is 2.54. The van der Waals surface area contributed by atoms with Gasteiger partial charge in [-0.1, -0.05) is 19.3 Å². The van der Waals surface area contributed by atoms with E-state index in [4.69, 9.17) is 0 Å². The van der Waals surface area contributed by atoms with E-state index in [2.05, 4.69) is 5.32 Å². The molecule has 1 saturated carbocycles. The fourth-order valence-corrected chi connectivity index (χ4v) is 3.05. The van der Waals surface area contributed by atoms with E-state index in [1.165, 1.54) is 19.3 Å². The summed E-state index contributed by atoms with van der Waals surface area (Å²) in [5, 5.41) is 12.5. The Morgan fingerprint density at radius 3 is 2.48 bits per heavy atom. The molecule has 0 aromatic heterocycles. The number of carbonyl (C=O) groups is 1. The summed E-state index contributed by atoms with van der Waals surface area (Å²) >= 11 is 0. The van der Waals surface area contributed by atoms with Gasteiger partial charge in [0.25, 0.3) is 5.91 Å². The monoisotopic (exact) mass is 290 g/mol. The Hall–Kier alpha value is -1.55. The summed E-state index contributed by atoms with van der Waals surface area (Å²) in [5.74, 6) is 0.0407. The molecule has 0 radical (unpaired) electrons. The number of hydrogen-bond acceptors (Lipinski definition) is 3. The zero-order valence-electron chi connectivity index (χ0n) is 12.8. The van der Waals surface area contributed by atoms with Crippen LogP contribution < -0.4 is 5.32 Å². The van der Waals surface area contributed by atoms with Crippen molar-refractivity contribution in [3.63, 3.8) is 0 Å². The average molecular weight is 290 g/mol. The summed E-state index contributed by atoms with van der Waals surface area (Å²) in [7, 11) is 0. The van der Waals surface area contributed by atoms with Crippen LogP contribution in [-0.4, -0.2) is 41.7 Å². The van der Waals surface area contributed by atoms with Gasteiger partial charge in [-0.25, -0.2) is 0 Å². The van der Waals surface area contributed by atoms with Crippen LogP contribution in [0.5, 0.6) is 0 Å². The van der Waals surface area contributed by atoms with Crippen molar-refractivity contribution in [3.05, 3.63) is 29.8 Å². The molecule has 0 spiro atoms. The molecule has 4 nitrogen and oxygen atoms in total. The first-order chi connectivity index (χ1) is 10.3. The van der Waals surface area contributed by atoms with Gasteiger partial charge in [-0.15, -0.1) is 0 Å². The molecule has 0 aliphatic heterocycles. The number of hydrogen-bond donors (Lipinski definition) is 2. The van der Waals surface area contributed by atoms with Crippen molar-refractivity contribution in [2.75, 3.05) is 25.0 Å².